The molecule has 134 valence electrons. The molecule has 26 heavy (non-hydrogen) atoms. The molecule has 1 unspecified atom stereocenters. The van der Waals surface area contributed by atoms with Gasteiger partial charge in [-0.25, -0.2) is 0 Å². The smallest absolute Gasteiger partial charge is 0.247 e. The maximum Gasteiger partial charge on any atom is 0.247 e. The SMILES string of the molecule is Clc1ccc(C(c2nnc(-c3ccccc3)o2)N2CCCCCC2)cc1. The van der Waals surface area contributed by atoms with Crippen LogP contribution in [0.4, 0.5) is 0 Å². The molecule has 0 amide bonds. The summed E-state index contributed by atoms with van der Waals surface area (Å²) in [5.41, 5.74) is 2.08. The molecule has 1 atom stereocenters. The van der Waals surface area contributed by atoms with Crippen LogP contribution in [-0.2, 0) is 0 Å². The Balaban J connectivity index is 1.70. The highest BCUT2D eigenvalue weighted by Gasteiger charge is 2.28. The normalized spacial score (nSPS) is 17.0. The van der Waals surface area contributed by atoms with Crippen molar-refractivity contribution >= 4 is 11.6 Å². The van der Waals surface area contributed by atoms with Gasteiger partial charge in [0.25, 0.3) is 0 Å². The van der Waals surface area contributed by atoms with Gasteiger partial charge in [-0.15, -0.1) is 10.2 Å². The minimum absolute atomic E-state index is 0.0321. The minimum Gasteiger partial charge on any atom is -0.419 e. The number of hydrogen-bond acceptors (Lipinski definition) is 4. The lowest BCUT2D eigenvalue weighted by atomic mass is 10.0. The molecule has 0 aliphatic carbocycles. The zero-order valence-electron chi connectivity index (χ0n) is 14.6. The van der Waals surface area contributed by atoms with Crippen LogP contribution in [-0.4, -0.2) is 28.2 Å². The Morgan fingerprint density at radius 1 is 0.846 bits per heavy atom. The van der Waals surface area contributed by atoms with Gasteiger partial charge in [-0.3, -0.25) is 4.90 Å². The first-order valence-electron chi connectivity index (χ1n) is 9.19. The maximum absolute atomic E-state index is 6.11. The van der Waals surface area contributed by atoms with Crippen LogP contribution in [0, 0.1) is 0 Å². The summed E-state index contributed by atoms with van der Waals surface area (Å²) in [5.74, 6) is 1.21. The molecule has 1 aliphatic rings. The molecule has 0 radical (unpaired) electrons. The van der Waals surface area contributed by atoms with E-state index in [-0.39, 0.29) is 6.04 Å². The molecule has 0 spiro atoms. The van der Waals surface area contributed by atoms with E-state index in [4.69, 9.17) is 16.0 Å². The van der Waals surface area contributed by atoms with Crippen LogP contribution >= 0.6 is 11.6 Å². The predicted octanol–water partition coefficient (Wildman–Crippen LogP) is 5.36. The lowest BCUT2D eigenvalue weighted by Crippen LogP contribution is -2.30. The Hall–Kier alpha value is -2.17. The Kier molecular flexibility index (Phi) is 5.32. The van der Waals surface area contributed by atoms with Crippen molar-refractivity contribution in [1.82, 2.24) is 15.1 Å². The lowest BCUT2D eigenvalue weighted by Gasteiger charge is -2.28. The molecule has 1 aliphatic heterocycles. The fourth-order valence-electron chi connectivity index (χ4n) is 3.55. The molecular formula is C21H22ClN3O. The Labute approximate surface area is 158 Å². The molecule has 0 saturated carbocycles. The second-order valence-corrected chi connectivity index (χ2v) is 7.15. The van der Waals surface area contributed by atoms with Gasteiger partial charge in [0.05, 0.1) is 0 Å². The van der Waals surface area contributed by atoms with Gasteiger partial charge in [-0.05, 0) is 55.8 Å². The summed E-state index contributed by atoms with van der Waals surface area (Å²) < 4.78 is 6.11. The predicted molar refractivity (Wildman–Crippen MR) is 103 cm³/mol. The van der Waals surface area contributed by atoms with Crippen LogP contribution in [0.2, 0.25) is 5.02 Å². The van der Waals surface area contributed by atoms with Crippen molar-refractivity contribution in [3.8, 4) is 11.5 Å². The van der Waals surface area contributed by atoms with E-state index in [0.29, 0.717) is 11.8 Å². The first-order valence-corrected chi connectivity index (χ1v) is 9.57. The number of rotatable bonds is 4. The highest BCUT2D eigenvalue weighted by Crippen LogP contribution is 2.32. The number of benzene rings is 2. The van der Waals surface area contributed by atoms with Crippen LogP contribution < -0.4 is 0 Å². The zero-order valence-corrected chi connectivity index (χ0v) is 15.4. The van der Waals surface area contributed by atoms with Crippen molar-refractivity contribution in [3.63, 3.8) is 0 Å². The standard InChI is InChI=1S/C21H22ClN3O/c22-18-12-10-16(11-13-18)19(25-14-6-1-2-7-15-25)21-24-23-20(26-21)17-8-4-3-5-9-17/h3-5,8-13,19H,1-2,6-7,14-15H2. The number of hydrogen-bond donors (Lipinski definition) is 0. The van der Waals surface area contributed by atoms with Gasteiger partial charge < -0.3 is 4.42 Å². The second kappa shape index (κ2) is 8.02. The topological polar surface area (TPSA) is 42.2 Å². The summed E-state index contributed by atoms with van der Waals surface area (Å²) in [6, 6.07) is 17.8. The van der Waals surface area contributed by atoms with E-state index in [2.05, 4.69) is 27.2 Å². The van der Waals surface area contributed by atoms with Crippen LogP contribution in [0.25, 0.3) is 11.5 Å². The number of nitrogens with zero attached hydrogens (tertiary/aromatic N) is 3. The van der Waals surface area contributed by atoms with E-state index in [1.165, 1.54) is 25.7 Å². The lowest BCUT2D eigenvalue weighted by molar-refractivity contribution is 0.206. The molecular weight excluding hydrogens is 346 g/mol. The highest BCUT2D eigenvalue weighted by atomic mass is 35.5. The zero-order chi connectivity index (χ0) is 17.8. The van der Waals surface area contributed by atoms with Gasteiger partial charge in [0.2, 0.25) is 11.8 Å². The van der Waals surface area contributed by atoms with Crippen LogP contribution in [0.3, 0.4) is 0 Å². The summed E-state index contributed by atoms with van der Waals surface area (Å²) in [5, 5.41) is 9.44. The van der Waals surface area contributed by atoms with E-state index >= 15 is 0 Å². The quantitative estimate of drug-likeness (QED) is 0.622. The molecule has 0 bridgehead atoms. The van der Waals surface area contributed by atoms with E-state index in [1.54, 1.807) is 0 Å². The summed E-state index contributed by atoms with van der Waals surface area (Å²) in [4.78, 5) is 2.46. The third-order valence-electron chi connectivity index (χ3n) is 4.89. The van der Waals surface area contributed by atoms with Gasteiger partial charge in [-0.1, -0.05) is 54.8 Å². The van der Waals surface area contributed by atoms with Gasteiger partial charge in [0.1, 0.15) is 6.04 Å². The molecule has 1 fully saturated rings. The summed E-state index contributed by atoms with van der Waals surface area (Å²) in [7, 11) is 0. The number of halogens is 1. The molecule has 4 rings (SSSR count). The average molecular weight is 368 g/mol. The Morgan fingerprint density at radius 3 is 2.23 bits per heavy atom. The van der Waals surface area contributed by atoms with Gasteiger partial charge >= 0.3 is 0 Å². The summed E-state index contributed by atoms with van der Waals surface area (Å²) in [6.45, 7) is 2.08. The average Bonchev–Trinajstić information content (AvgIpc) is 3.00. The van der Waals surface area contributed by atoms with Crippen molar-refractivity contribution in [1.29, 1.82) is 0 Å². The van der Waals surface area contributed by atoms with Crippen LogP contribution in [0.1, 0.15) is 43.2 Å². The monoisotopic (exact) mass is 367 g/mol. The molecule has 0 N–H and O–H groups in total. The van der Waals surface area contributed by atoms with Gasteiger partial charge in [0.15, 0.2) is 0 Å². The number of aromatic nitrogens is 2. The van der Waals surface area contributed by atoms with Crippen LogP contribution in [0.5, 0.6) is 0 Å². The van der Waals surface area contributed by atoms with Gasteiger partial charge in [0, 0.05) is 10.6 Å². The molecule has 2 aromatic carbocycles. The van der Waals surface area contributed by atoms with Crippen molar-refractivity contribution in [3.05, 3.63) is 71.1 Å². The second-order valence-electron chi connectivity index (χ2n) is 6.72. The van der Waals surface area contributed by atoms with Crippen molar-refractivity contribution < 1.29 is 4.42 Å². The van der Waals surface area contributed by atoms with E-state index in [0.717, 1.165) is 29.2 Å². The summed E-state index contributed by atoms with van der Waals surface area (Å²) in [6.07, 6.45) is 4.96. The maximum atomic E-state index is 6.11. The fraction of sp³-hybridized carbons (Fsp3) is 0.333. The molecule has 4 nitrogen and oxygen atoms in total. The first kappa shape index (κ1) is 17.3. The Morgan fingerprint density at radius 2 is 1.54 bits per heavy atom. The molecule has 2 heterocycles. The molecule has 5 heteroatoms. The minimum atomic E-state index is -0.0321. The van der Waals surface area contributed by atoms with Gasteiger partial charge in [-0.2, -0.15) is 0 Å². The third kappa shape index (κ3) is 3.81. The number of likely N-dealkylation sites (tertiary alicyclic amines) is 1. The van der Waals surface area contributed by atoms with Crippen molar-refractivity contribution in [2.45, 2.75) is 31.7 Å². The van der Waals surface area contributed by atoms with Crippen molar-refractivity contribution in [2.75, 3.05) is 13.1 Å². The van der Waals surface area contributed by atoms with Crippen molar-refractivity contribution in [2.24, 2.45) is 0 Å². The summed E-state index contributed by atoms with van der Waals surface area (Å²) >= 11 is 6.09. The third-order valence-corrected chi connectivity index (χ3v) is 5.14. The van der Waals surface area contributed by atoms with E-state index in [9.17, 15) is 0 Å². The fourth-order valence-corrected chi connectivity index (χ4v) is 3.68. The molecule has 1 saturated heterocycles. The Bertz CT molecular complexity index is 824. The van der Waals surface area contributed by atoms with E-state index in [1.807, 2.05) is 42.5 Å². The molecule has 1 aromatic heterocycles. The largest absolute Gasteiger partial charge is 0.419 e. The highest BCUT2D eigenvalue weighted by molar-refractivity contribution is 6.30. The van der Waals surface area contributed by atoms with Crippen LogP contribution in [0.15, 0.2) is 59.0 Å². The first-order chi connectivity index (χ1) is 12.8. The van der Waals surface area contributed by atoms with E-state index < -0.39 is 0 Å². The molecule has 3 aromatic rings.